The molecule has 1 aliphatic rings. The largest absolute Gasteiger partial charge is 0.379 e. The molecule has 0 aromatic heterocycles. The van der Waals surface area contributed by atoms with Crippen molar-refractivity contribution in [3.8, 4) is 0 Å². The lowest BCUT2D eigenvalue weighted by atomic mass is 10.1. The summed E-state index contributed by atoms with van der Waals surface area (Å²) in [6, 6.07) is 3.83. The second-order valence-corrected chi connectivity index (χ2v) is 8.13. The maximum Gasteiger partial charge on any atom is 0.251 e. The van der Waals surface area contributed by atoms with E-state index in [-0.39, 0.29) is 30.4 Å². The number of nitrogens with one attached hydrogen (secondary N) is 1. The van der Waals surface area contributed by atoms with Crippen LogP contribution in [0.1, 0.15) is 15.9 Å². The van der Waals surface area contributed by atoms with Gasteiger partial charge in [-0.1, -0.05) is 6.07 Å². The molecule has 1 N–H and O–H groups in total. The number of nitrogens with zero attached hydrogens (tertiary/aromatic N) is 1. The average molecular weight is 344 g/mol. The second-order valence-electron chi connectivity index (χ2n) is 5.90. The molecule has 0 saturated carbocycles. The van der Waals surface area contributed by atoms with Gasteiger partial charge in [-0.3, -0.25) is 4.79 Å². The van der Waals surface area contributed by atoms with E-state index in [1.807, 2.05) is 0 Å². The molecule has 8 heteroatoms. The summed E-state index contributed by atoms with van der Waals surface area (Å²) in [5, 5.41) is 2.74. The number of amides is 1. The van der Waals surface area contributed by atoms with Crippen molar-refractivity contribution in [2.24, 2.45) is 5.92 Å². The summed E-state index contributed by atoms with van der Waals surface area (Å²) in [5.41, 5.74) is 0.662. The smallest absolute Gasteiger partial charge is 0.251 e. The maximum atomic E-state index is 13.6. The molecule has 1 aromatic carbocycles. The van der Waals surface area contributed by atoms with Crippen LogP contribution < -0.4 is 5.32 Å². The van der Waals surface area contributed by atoms with Crippen LogP contribution in [0.5, 0.6) is 0 Å². The molecule has 2 atom stereocenters. The van der Waals surface area contributed by atoms with Crippen LogP contribution in [0.2, 0.25) is 0 Å². The van der Waals surface area contributed by atoms with Crippen LogP contribution in [-0.2, 0) is 14.8 Å². The van der Waals surface area contributed by atoms with Crippen LogP contribution in [0.3, 0.4) is 0 Å². The Morgan fingerprint density at radius 1 is 1.39 bits per heavy atom. The molecule has 0 radical (unpaired) electrons. The van der Waals surface area contributed by atoms with Crippen LogP contribution in [0.4, 0.5) is 4.39 Å². The molecule has 2 rings (SSSR count). The van der Waals surface area contributed by atoms with Crippen LogP contribution in [-0.4, -0.2) is 57.7 Å². The minimum atomic E-state index is -3.39. The van der Waals surface area contributed by atoms with Crippen molar-refractivity contribution in [2.45, 2.75) is 13.0 Å². The molecule has 1 saturated heterocycles. The number of aryl methyl sites for hydroxylation is 1. The van der Waals surface area contributed by atoms with E-state index in [0.29, 0.717) is 5.56 Å². The second kappa shape index (κ2) is 6.94. The van der Waals surface area contributed by atoms with E-state index < -0.39 is 27.8 Å². The molecule has 0 spiro atoms. The number of sulfonamides is 1. The normalized spacial score (nSPS) is 21.6. The Morgan fingerprint density at radius 2 is 2.09 bits per heavy atom. The number of rotatable bonds is 5. The van der Waals surface area contributed by atoms with Gasteiger partial charge < -0.3 is 10.1 Å². The minimum absolute atomic E-state index is 0.104. The fourth-order valence-corrected chi connectivity index (χ4v) is 3.50. The highest BCUT2D eigenvalue weighted by atomic mass is 32.2. The first-order valence-corrected chi connectivity index (χ1v) is 8.86. The van der Waals surface area contributed by atoms with E-state index in [1.54, 1.807) is 6.92 Å². The van der Waals surface area contributed by atoms with Gasteiger partial charge in [-0.05, 0) is 24.6 Å². The van der Waals surface area contributed by atoms with Gasteiger partial charge in [0.15, 0.2) is 0 Å². The SMILES string of the molecule is Cc1ccc(C(=O)N[C@H]2COC[C@H]2CS(=O)(=O)N(C)C)cc1F. The van der Waals surface area contributed by atoms with Gasteiger partial charge in [-0.2, -0.15) is 0 Å². The van der Waals surface area contributed by atoms with Crippen molar-refractivity contribution in [2.75, 3.05) is 33.1 Å². The molecular weight excluding hydrogens is 323 g/mol. The number of carbonyl (C=O) groups excluding carboxylic acids is 1. The van der Waals surface area contributed by atoms with E-state index in [0.717, 1.165) is 4.31 Å². The topological polar surface area (TPSA) is 75.7 Å². The number of hydrogen-bond donors (Lipinski definition) is 1. The average Bonchev–Trinajstić information content (AvgIpc) is 2.88. The molecule has 1 fully saturated rings. The van der Waals surface area contributed by atoms with Crippen LogP contribution in [0.15, 0.2) is 18.2 Å². The van der Waals surface area contributed by atoms with Crippen LogP contribution in [0, 0.1) is 18.7 Å². The van der Waals surface area contributed by atoms with Crippen LogP contribution >= 0.6 is 0 Å². The van der Waals surface area contributed by atoms with Crippen molar-refractivity contribution in [3.63, 3.8) is 0 Å². The predicted molar refractivity (Wildman–Crippen MR) is 84.2 cm³/mol. The van der Waals surface area contributed by atoms with Crippen LogP contribution in [0.25, 0.3) is 0 Å². The number of carbonyl (C=O) groups is 1. The molecule has 6 nitrogen and oxygen atoms in total. The number of halogens is 1. The third kappa shape index (κ3) is 4.27. The molecule has 1 amide bonds. The van der Waals surface area contributed by atoms with Gasteiger partial charge in [0, 0.05) is 25.6 Å². The fraction of sp³-hybridized carbons (Fsp3) is 0.533. The lowest BCUT2D eigenvalue weighted by Crippen LogP contribution is -2.43. The lowest BCUT2D eigenvalue weighted by Gasteiger charge is -2.21. The van der Waals surface area contributed by atoms with Crippen molar-refractivity contribution >= 4 is 15.9 Å². The summed E-state index contributed by atoms with van der Waals surface area (Å²) in [6.45, 7) is 2.12. The molecule has 0 unspecified atom stereocenters. The van der Waals surface area contributed by atoms with Crippen molar-refractivity contribution in [1.82, 2.24) is 9.62 Å². The summed E-state index contributed by atoms with van der Waals surface area (Å²) in [7, 11) is -0.453. The third-order valence-electron chi connectivity index (χ3n) is 3.93. The molecule has 0 bridgehead atoms. The fourth-order valence-electron chi connectivity index (χ4n) is 2.33. The zero-order valence-corrected chi connectivity index (χ0v) is 14.2. The van der Waals surface area contributed by atoms with E-state index in [9.17, 15) is 17.6 Å². The van der Waals surface area contributed by atoms with Gasteiger partial charge in [0.2, 0.25) is 10.0 Å². The highest BCUT2D eigenvalue weighted by Gasteiger charge is 2.34. The van der Waals surface area contributed by atoms with Crippen molar-refractivity contribution in [1.29, 1.82) is 0 Å². The number of ether oxygens (including phenoxy) is 1. The van der Waals surface area contributed by atoms with Crippen molar-refractivity contribution < 1.29 is 22.3 Å². The molecule has 0 aliphatic carbocycles. The predicted octanol–water partition coefficient (Wildman–Crippen LogP) is 0.770. The minimum Gasteiger partial charge on any atom is -0.379 e. The van der Waals surface area contributed by atoms with E-state index in [1.165, 1.54) is 32.3 Å². The first-order chi connectivity index (χ1) is 10.7. The van der Waals surface area contributed by atoms with Gasteiger partial charge in [-0.15, -0.1) is 0 Å². The summed E-state index contributed by atoms with van der Waals surface area (Å²) < 4.78 is 44.0. The van der Waals surface area contributed by atoms with E-state index >= 15 is 0 Å². The summed E-state index contributed by atoms with van der Waals surface area (Å²) in [4.78, 5) is 12.2. The van der Waals surface area contributed by atoms with Crippen molar-refractivity contribution in [3.05, 3.63) is 35.1 Å². The molecule has 1 aromatic rings. The van der Waals surface area contributed by atoms with Gasteiger partial charge in [-0.25, -0.2) is 17.1 Å². The Hall–Kier alpha value is -1.51. The Balaban J connectivity index is 2.06. The highest BCUT2D eigenvalue weighted by molar-refractivity contribution is 7.89. The van der Waals surface area contributed by atoms with Gasteiger partial charge in [0.1, 0.15) is 5.82 Å². The number of hydrogen-bond acceptors (Lipinski definition) is 4. The summed E-state index contributed by atoms with van der Waals surface area (Å²) in [5.74, 6) is -1.33. The van der Waals surface area contributed by atoms with E-state index in [2.05, 4.69) is 5.32 Å². The molecule has 1 heterocycles. The Kier molecular flexibility index (Phi) is 5.38. The quantitative estimate of drug-likeness (QED) is 0.856. The lowest BCUT2D eigenvalue weighted by molar-refractivity contribution is 0.0925. The molecule has 128 valence electrons. The maximum absolute atomic E-state index is 13.6. The molecular formula is C15H21FN2O4S. The standard InChI is InChI=1S/C15H21FN2O4S/c1-10-4-5-11(6-13(10)16)15(19)17-14-8-22-7-12(14)9-23(20,21)18(2)3/h4-6,12,14H,7-9H2,1-3H3,(H,17,19)/t12-,14-/m0/s1. The first-order valence-electron chi connectivity index (χ1n) is 7.25. The van der Waals surface area contributed by atoms with Gasteiger partial charge in [0.05, 0.1) is 25.0 Å². The Bertz CT molecular complexity index is 691. The van der Waals surface area contributed by atoms with E-state index in [4.69, 9.17) is 4.74 Å². The summed E-state index contributed by atoms with van der Waals surface area (Å²) in [6.07, 6.45) is 0. The number of benzene rings is 1. The zero-order chi connectivity index (χ0) is 17.2. The summed E-state index contributed by atoms with van der Waals surface area (Å²) >= 11 is 0. The van der Waals surface area contributed by atoms with Gasteiger partial charge >= 0.3 is 0 Å². The Labute approximate surface area is 135 Å². The highest BCUT2D eigenvalue weighted by Crippen LogP contribution is 2.18. The molecule has 23 heavy (non-hydrogen) atoms. The monoisotopic (exact) mass is 344 g/mol. The first kappa shape index (κ1) is 17.8. The Morgan fingerprint density at radius 3 is 2.70 bits per heavy atom. The zero-order valence-electron chi connectivity index (χ0n) is 13.4. The van der Waals surface area contributed by atoms with Gasteiger partial charge in [0.25, 0.3) is 5.91 Å². The third-order valence-corrected chi connectivity index (χ3v) is 5.89. The molecule has 1 aliphatic heterocycles.